The molecule has 4 heteroatoms. The lowest BCUT2D eigenvalue weighted by molar-refractivity contribution is 0.332. The van der Waals surface area contributed by atoms with Crippen molar-refractivity contribution in [3.63, 3.8) is 0 Å². The highest BCUT2D eigenvalue weighted by Crippen LogP contribution is 2.54. The topological polar surface area (TPSA) is 6.48 Å². The minimum absolute atomic E-state index is 0.0700. The highest BCUT2D eigenvalue weighted by atomic mass is 32.1. The molecule has 3 aliphatic carbocycles. The molecule has 0 bridgehead atoms. The normalized spacial score (nSPS) is 20.8. The first-order chi connectivity index (χ1) is 29.7. The van der Waals surface area contributed by atoms with Crippen molar-refractivity contribution in [2.45, 2.75) is 148 Å². The lowest BCUT2D eigenvalue weighted by atomic mass is 9.35. The summed E-state index contributed by atoms with van der Waals surface area (Å²) in [5.74, 6) is 0.366. The van der Waals surface area contributed by atoms with Gasteiger partial charge in [0.05, 0.1) is 5.69 Å². The van der Waals surface area contributed by atoms with E-state index in [9.17, 15) is 0 Å². The Morgan fingerprint density at radius 3 is 1.84 bits per heavy atom. The fraction of sp³-hybridized carbons (Fsp3) is 0.390. The molecule has 320 valence electrons. The van der Waals surface area contributed by atoms with Crippen LogP contribution in [0.2, 0.25) is 0 Å². The van der Waals surface area contributed by atoms with Crippen LogP contribution in [-0.2, 0) is 27.1 Å². The Balaban J connectivity index is 1.25. The van der Waals surface area contributed by atoms with E-state index in [0.29, 0.717) is 5.92 Å². The van der Waals surface area contributed by atoms with Crippen molar-refractivity contribution in [1.29, 1.82) is 0 Å². The quantitative estimate of drug-likeness (QED) is 0.164. The molecule has 11 rings (SSSR count). The number of aryl methyl sites for hydroxylation is 1. The number of nitrogens with zero attached hydrogens (tertiary/aromatic N) is 2. The number of benzene rings is 5. The molecule has 3 heterocycles. The minimum atomic E-state index is 0.0700. The molecule has 1 unspecified atom stereocenters. The average molecular weight is 845 g/mol. The molecule has 0 N–H and O–H groups in total. The number of hydrogen-bond donors (Lipinski definition) is 0. The second-order valence-corrected chi connectivity index (χ2v) is 24.7. The van der Waals surface area contributed by atoms with E-state index in [1.807, 2.05) is 0 Å². The highest BCUT2D eigenvalue weighted by Gasteiger charge is 2.48. The zero-order valence-electron chi connectivity index (χ0n) is 39.9. The summed E-state index contributed by atoms with van der Waals surface area (Å²) in [6.07, 6.45) is 14.9. The Labute approximate surface area is 382 Å². The van der Waals surface area contributed by atoms with Gasteiger partial charge >= 0.3 is 0 Å². The van der Waals surface area contributed by atoms with Crippen molar-refractivity contribution < 1.29 is 0 Å². The van der Waals surface area contributed by atoms with Gasteiger partial charge in [-0.2, -0.15) is 0 Å². The monoisotopic (exact) mass is 844 g/mol. The van der Waals surface area contributed by atoms with E-state index < -0.39 is 0 Å². The van der Waals surface area contributed by atoms with E-state index in [4.69, 9.17) is 0 Å². The predicted octanol–water partition coefficient (Wildman–Crippen LogP) is 14.9. The van der Waals surface area contributed by atoms with Crippen molar-refractivity contribution in [3.05, 3.63) is 148 Å². The standard InChI is InChI=1S/C59H65BN2S/c1-36-29-49-52-50(30-36)62(41-20-16-19-38(31-41)37-17-14-13-15-18-37)53-42-32-43-46(59(11,12)28-25-56(43,5)6)35-51(42)63-54(53)60(52)47-33-44-45(58(9,10)27-26-57(44,7)8)34-48(47)61(49)40-23-21-39(22-24-40)55(2,3)4/h13-17,19-24,29-35,37H,18,25-28H2,1-12H3. The lowest BCUT2D eigenvalue weighted by Crippen LogP contribution is -2.61. The molecule has 1 aromatic heterocycles. The van der Waals surface area contributed by atoms with E-state index in [0.717, 1.165) is 6.42 Å². The van der Waals surface area contributed by atoms with Crippen molar-refractivity contribution in [2.24, 2.45) is 0 Å². The van der Waals surface area contributed by atoms with Crippen molar-refractivity contribution in [3.8, 4) is 0 Å². The number of thiophene rings is 1. The molecule has 1 atom stereocenters. The van der Waals surface area contributed by atoms with E-state index in [2.05, 4.69) is 213 Å². The van der Waals surface area contributed by atoms with Gasteiger partial charge in [-0.25, -0.2) is 0 Å². The van der Waals surface area contributed by atoms with Crippen LogP contribution in [0.4, 0.5) is 34.1 Å². The molecule has 0 amide bonds. The van der Waals surface area contributed by atoms with Gasteiger partial charge in [-0.05, 0) is 171 Å². The molecule has 2 nitrogen and oxygen atoms in total. The van der Waals surface area contributed by atoms with Gasteiger partial charge < -0.3 is 9.80 Å². The van der Waals surface area contributed by atoms with Gasteiger partial charge in [0.1, 0.15) is 0 Å². The molecular formula is C59H65BN2S. The zero-order chi connectivity index (χ0) is 44.2. The Bertz CT molecular complexity index is 2950. The first kappa shape index (κ1) is 40.9. The average Bonchev–Trinajstić information content (AvgIpc) is 3.61. The van der Waals surface area contributed by atoms with Crippen LogP contribution in [0.1, 0.15) is 153 Å². The zero-order valence-corrected chi connectivity index (χ0v) is 40.7. The maximum absolute atomic E-state index is 2.70. The number of rotatable bonds is 3. The molecule has 0 fully saturated rings. The molecule has 5 aromatic carbocycles. The van der Waals surface area contributed by atoms with Crippen LogP contribution in [0.5, 0.6) is 0 Å². The Kier molecular flexibility index (Phi) is 8.85. The van der Waals surface area contributed by atoms with Crippen LogP contribution >= 0.6 is 11.3 Å². The molecule has 0 saturated carbocycles. The van der Waals surface area contributed by atoms with Crippen LogP contribution in [-0.4, -0.2) is 6.71 Å². The summed E-state index contributed by atoms with van der Waals surface area (Å²) in [4.78, 5) is 5.35. The SMILES string of the molecule is Cc1cc2c3c(c1)N(c1cccc(C4C=CC=CC4)c1)c1c(sc4cc5c(cc14)C(C)(C)CCC5(C)C)B3c1cc3c(cc1N2c1ccc(C(C)(C)C)cc1)C(C)(C)CCC3(C)C. The van der Waals surface area contributed by atoms with Crippen LogP contribution in [0.25, 0.3) is 10.1 Å². The first-order valence-electron chi connectivity index (χ1n) is 23.8. The van der Waals surface area contributed by atoms with Gasteiger partial charge in [-0.3, -0.25) is 0 Å². The smallest absolute Gasteiger partial charge is 0.264 e. The predicted molar refractivity (Wildman–Crippen MR) is 275 cm³/mol. The minimum Gasteiger partial charge on any atom is -0.311 e. The summed E-state index contributed by atoms with van der Waals surface area (Å²) in [6, 6.07) is 34.7. The largest absolute Gasteiger partial charge is 0.311 e. The van der Waals surface area contributed by atoms with E-state index in [1.165, 1.54) is 125 Å². The number of anilines is 6. The summed E-state index contributed by atoms with van der Waals surface area (Å²) in [5.41, 5.74) is 21.3. The summed E-state index contributed by atoms with van der Waals surface area (Å²) in [7, 11) is 0. The third-order valence-electron chi connectivity index (χ3n) is 16.3. The number of fused-ring (bicyclic) bond motifs is 8. The van der Waals surface area contributed by atoms with Gasteiger partial charge in [0, 0.05) is 49.2 Å². The fourth-order valence-corrected chi connectivity index (χ4v) is 13.5. The molecular weight excluding hydrogens is 780 g/mol. The second kappa shape index (κ2) is 13.6. The van der Waals surface area contributed by atoms with Crippen molar-refractivity contribution in [1.82, 2.24) is 0 Å². The summed E-state index contributed by atoms with van der Waals surface area (Å²) >= 11 is 2.07. The third-order valence-corrected chi connectivity index (χ3v) is 17.5. The number of allylic oxidation sites excluding steroid dienone is 4. The van der Waals surface area contributed by atoms with Crippen molar-refractivity contribution in [2.75, 3.05) is 9.80 Å². The summed E-state index contributed by atoms with van der Waals surface area (Å²) in [6.45, 7) is 29.2. The van der Waals surface area contributed by atoms with Crippen LogP contribution in [0.15, 0.2) is 109 Å². The Morgan fingerprint density at radius 2 is 1.22 bits per heavy atom. The molecule has 2 aliphatic heterocycles. The van der Waals surface area contributed by atoms with Gasteiger partial charge in [0.15, 0.2) is 0 Å². The molecule has 0 saturated heterocycles. The second-order valence-electron chi connectivity index (χ2n) is 23.6. The van der Waals surface area contributed by atoms with E-state index >= 15 is 0 Å². The Hall–Kier alpha value is -4.80. The van der Waals surface area contributed by atoms with Gasteiger partial charge in [-0.1, -0.05) is 131 Å². The van der Waals surface area contributed by atoms with E-state index in [-0.39, 0.29) is 33.8 Å². The summed E-state index contributed by atoms with van der Waals surface area (Å²) in [5, 5.41) is 1.40. The summed E-state index contributed by atoms with van der Waals surface area (Å²) < 4.78 is 2.89. The molecule has 0 radical (unpaired) electrons. The van der Waals surface area contributed by atoms with Crippen LogP contribution in [0.3, 0.4) is 0 Å². The molecule has 5 aliphatic rings. The maximum Gasteiger partial charge on any atom is 0.264 e. The maximum atomic E-state index is 2.70. The lowest BCUT2D eigenvalue weighted by Gasteiger charge is -2.47. The van der Waals surface area contributed by atoms with Gasteiger partial charge in [0.2, 0.25) is 0 Å². The van der Waals surface area contributed by atoms with Crippen LogP contribution < -0.4 is 25.5 Å². The molecule has 63 heavy (non-hydrogen) atoms. The highest BCUT2D eigenvalue weighted by molar-refractivity contribution is 7.33. The molecule has 0 spiro atoms. The Morgan fingerprint density at radius 1 is 0.619 bits per heavy atom. The molecule has 6 aromatic rings. The van der Waals surface area contributed by atoms with Crippen molar-refractivity contribution >= 4 is 78.0 Å². The van der Waals surface area contributed by atoms with Gasteiger partial charge in [-0.15, -0.1) is 11.3 Å². The fourth-order valence-electron chi connectivity index (χ4n) is 12.1. The van der Waals surface area contributed by atoms with E-state index in [1.54, 1.807) is 0 Å². The first-order valence-corrected chi connectivity index (χ1v) is 24.6. The number of hydrogen-bond acceptors (Lipinski definition) is 3. The van der Waals surface area contributed by atoms with Crippen LogP contribution in [0, 0.1) is 6.92 Å². The third kappa shape index (κ3) is 6.24. The van der Waals surface area contributed by atoms with Gasteiger partial charge in [0.25, 0.3) is 6.71 Å².